The van der Waals surface area contributed by atoms with Gasteiger partial charge in [-0.2, -0.15) is 0 Å². The van der Waals surface area contributed by atoms with E-state index in [0.717, 1.165) is 31.6 Å². The van der Waals surface area contributed by atoms with Crippen LogP contribution in [0.15, 0.2) is 66.7 Å². The number of hydrogen-bond donors (Lipinski definition) is 1. The molecule has 3 aromatic carbocycles. The Morgan fingerprint density at radius 3 is 2.56 bits per heavy atom. The topological polar surface area (TPSA) is 65.5 Å². The van der Waals surface area contributed by atoms with Gasteiger partial charge < -0.3 is 5.32 Å². The molecule has 2 heterocycles. The van der Waals surface area contributed by atoms with Crippen molar-refractivity contribution in [3.63, 3.8) is 0 Å². The van der Waals surface area contributed by atoms with Gasteiger partial charge >= 0.3 is 6.03 Å². The summed E-state index contributed by atoms with van der Waals surface area (Å²) in [5, 5.41) is 6.00. The van der Waals surface area contributed by atoms with Crippen molar-refractivity contribution < 1.29 is 9.59 Å². The Balaban J connectivity index is 1.38. The van der Waals surface area contributed by atoms with Crippen molar-refractivity contribution in [1.82, 2.24) is 20.1 Å². The van der Waals surface area contributed by atoms with Crippen molar-refractivity contribution in [2.24, 2.45) is 0 Å². The number of aromatic nitrogens is 1. The molecule has 6 nitrogen and oxygen atoms in total. The largest absolute Gasteiger partial charge is 0.326 e. The summed E-state index contributed by atoms with van der Waals surface area (Å²) in [7, 11) is 1.91. The fourth-order valence-corrected chi connectivity index (χ4v) is 5.21. The number of hydrogen-bond acceptors (Lipinski definition) is 5. The van der Waals surface area contributed by atoms with Crippen LogP contribution in [0.2, 0.25) is 0 Å². The summed E-state index contributed by atoms with van der Waals surface area (Å²) < 4.78 is 1.13. The number of para-hydroxylation sites is 1. The predicted molar refractivity (Wildman–Crippen MR) is 127 cm³/mol. The van der Waals surface area contributed by atoms with E-state index in [1.165, 1.54) is 4.90 Å². The summed E-state index contributed by atoms with van der Waals surface area (Å²) in [4.78, 5) is 34.2. The number of fused-ring (bicyclic) bond motifs is 2. The number of carbonyl (C=O) groups is 2. The van der Waals surface area contributed by atoms with Gasteiger partial charge in [0.2, 0.25) is 0 Å². The second-order valence-electron chi connectivity index (χ2n) is 8.44. The average Bonchev–Trinajstić information content (AvgIpc) is 3.33. The molecule has 162 valence electrons. The van der Waals surface area contributed by atoms with Gasteiger partial charge in [0.25, 0.3) is 5.91 Å². The molecule has 1 saturated heterocycles. The molecule has 0 saturated carbocycles. The zero-order valence-electron chi connectivity index (χ0n) is 18.2. The van der Waals surface area contributed by atoms with Crippen molar-refractivity contribution in [2.45, 2.75) is 25.4 Å². The minimum Gasteiger partial charge on any atom is -0.319 e. The van der Waals surface area contributed by atoms with Gasteiger partial charge in [0, 0.05) is 0 Å². The van der Waals surface area contributed by atoms with Gasteiger partial charge in [0.15, 0.2) is 0 Å². The maximum Gasteiger partial charge on any atom is 0.326 e. The molecule has 32 heavy (non-hydrogen) atoms. The molecule has 5 rings (SSSR count). The maximum atomic E-state index is 13.4. The van der Waals surface area contributed by atoms with E-state index in [9.17, 15) is 9.59 Å². The molecule has 7 heteroatoms. The van der Waals surface area contributed by atoms with Gasteiger partial charge in [0.1, 0.15) is 10.5 Å². The van der Waals surface area contributed by atoms with E-state index < -0.39 is 5.54 Å². The highest BCUT2D eigenvalue weighted by molar-refractivity contribution is 7.18. The van der Waals surface area contributed by atoms with Crippen molar-refractivity contribution in [1.29, 1.82) is 0 Å². The van der Waals surface area contributed by atoms with Gasteiger partial charge in [-0.3, -0.25) is 9.69 Å². The van der Waals surface area contributed by atoms with Crippen LogP contribution in [0.5, 0.6) is 0 Å². The van der Waals surface area contributed by atoms with Crippen LogP contribution in [0.3, 0.4) is 0 Å². The average molecular weight is 445 g/mol. The first-order valence-corrected chi connectivity index (χ1v) is 11.4. The summed E-state index contributed by atoms with van der Waals surface area (Å²) in [5.74, 6) is -0.249. The number of amides is 3. The predicted octanol–water partition coefficient (Wildman–Crippen LogP) is 4.87. The quantitative estimate of drug-likeness (QED) is 0.446. The van der Waals surface area contributed by atoms with Gasteiger partial charge in [0.05, 0.1) is 22.9 Å². The fourth-order valence-electron chi connectivity index (χ4n) is 4.12. The Bertz CT molecular complexity index is 1320. The zero-order chi connectivity index (χ0) is 22.5. The molecular weight excluding hydrogens is 420 g/mol. The smallest absolute Gasteiger partial charge is 0.319 e. The van der Waals surface area contributed by atoms with E-state index in [0.29, 0.717) is 0 Å². The third-order valence-electron chi connectivity index (χ3n) is 6.30. The molecular formula is C25H24N4O2S. The van der Waals surface area contributed by atoms with Crippen LogP contribution in [0.1, 0.15) is 30.5 Å². The van der Waals surface area contributed by atoms with E-state index in [2.05, 4.69) is 11.4 Å². The summed E-state index contributed by atoms with van der Waals surface area (Å²) in [6, 6.07) is 21.5. The lowest BCUT2D eigenvalue weighted by Gasteiger charge is -2.27. The third kappa shape index (κ3) is 3.34. The fraction of sp³-hybridized carbons (Fsp3) is 0.240. The zero-order valence-corrected chi connectivity index (χ0v) is 19.0. The first-order chi connectivity index (χ1) is 15.4. The molecule has 1 N–H and O–H groups in total. The summed E-state index contributed by atoms with van der Waals surface area (Å²) in [6.45, 7) is 4.00. The second-order valence-corrected chi connectivity index (χ2v) is 9.51. The lowest BCUT2D eigenvalue weighted by molar-refractivity contribution is -0.132. The third-order valence-corrected chi connectivity index (χ3v) is 7.50. The molecule has 1 fully saturated rings. The molecule has 0 spiro atoms. The monoisotopic (exact) mass is 444 g/mol. The molecule has 0 bridgehead atoms. The van der Waals surface area contributed by atoms with Crippen LogP contribution >= 0.6 is 11.3 Å². The summed E-state index contributed by atoms with van der Waals surface area (Å²) in [6.07, 6.45) is 0. The van der Waals surface area contributed by atoms with Gasteiger partial charge in [-0.25, -0.2) is 14.7 Å². The molecule has 1 aliphatic rings. The van der Waals surface area contributed by atoms with Crippen molar-refractivity contribution in [3.8, 4) is 0 Å². The molecule has 1 aromatic heterocycles. The molecule has 0 radical (unpaired) electrons. The number of benzene rings is 3. The van der Waals surface area contributed by atoms with E-state index in [-0.39, 0.29) is 24.6 Å². The van der Waals surface area contributed by atoms with Crippen LogP contribution in [-0.2, 0) is 10.3 Å². The molecule has 0 unspecified atom stereocenters. The lowest BCUT2D eigenvalue weighted by atomic mass is 9.90. The Kier molecular flexibility index (Phi) is 4.95. The number of urea groups is 1. The van der Waals surface area contributed by atoms with Crippen LogP contribution in [-0.4, -0.2) is 40.4 Å². The number of carbonyl (C=O) groups excluding carboxylic acids is 2. The standard InChI is InChI=1S/C25H24N4O2S/c1-16(22-26-20-10-6-7-11-21(20)32-22)28(3)15-29-23(30)25(2,27-24(29)31)19-13-12-17-8-4-5-9-18(17)14-19/h4-14,16H,15H2,1-3H3,(H,27,31)/t16-,25-/m1/s1. The maximum absolute atomic E-state index is 13.4. The van der Waals surface area contributed by atoms with E-state index in [1.807, 2.05) is 79.5 Å². The molecule has 0 aliphatic carbocycles. The van der Waals surface area contributed by atoms with E-state index in [1.54, 1.807) is 18.3 Å². The number of rotatable bonds is 5. The van der Waals surface area contributed by atoms with Crippen molar-refractivity contribution >= 4 is 44.3 Å². The minimum atomic E-state index is -1.10. The van der Waals surface area contributed by atoms with E-state index >= 15 is 0 Å². The number of nitrogens with zero attached hydrogens (tertiary/aromatic N) is 3. The molecule has 1 aliphatic heterocycles. The number of nitrogens with one attached hydrogen (secondary N) is 1. The number of thiazole rings is 1. The van der Waals surface area contributed by atoms with Crippen LogP contribution < -0.4 is 5.32 Å². The Morgan fingerprint density at radius 2 is 1.78 bits per heavy atom. The lowest BCUT2D eigenvalue weighted by Crippen LogP contribution is -2.43. The summed E-state index contributed by atoms with van der Waals surface area (Å²) in [5.41, 5.74) is 0.645. The SMILES string of the molecule is C[C@H](c1nc2ccccc2s1)N(C)CN1C(=O)N[C@](C)(c2ccc3ccccc3c2)C1=O. The van der Waals surface area contributed by atoms with Gasteiger partial charge in [-0.15, -0.1) is 11.3 Å². The van der Waals surface area contributed by atoms with Crippen LogP contribution in [0, 0.1) is 0 Å². The highest BCUT2D eigenvalue weighted by Gasteiger charge is 2.49. The summed E-state index contributed by atoms with van der Waals surface area (Å²) >= 11 is 1.63. The van der Waals surface area contributed by atoms with E-state index in [4.69, 9.17) is 4.98 Å². The Hall–Kier alpha value is -3.29. The van der Waals surface area contributed by atoms with Gasteiger partial charge in [-0.1, -0.05) is 48.5 Å². The highest BCUT2D eigenvalue weighted by atomic mass is 32.1. The highest BCUT2D eigenvalue weighted by Crippen LogP contribution is 2.33. The molecule has 2 atom stereocenters. The Morgan fingerprint density at radius 1 is 1.06 bits per heavy atom. The normalized spacial score (nSPS) is 19.8. The first-order valence-electron chi connectivity index (χ1n) is 10.6. The second kappa shape index (κ2) is 7.69. The van der Waals surface area contributed by atoms with Crippen LogP contribution in [0.25, 0.3) is 21.0 Å². The van der Waals surface area contributed by atoms with Crippen molar-refractivity contribution in [3.05, 3.63) is 77.3 Å². The molecule has 4 aromatic rings. The Labute approximate surface area is 190 Å². The van der Waals surface area contributed by atoms with Crippen molar-refractivity contribution in [2.75, 3.05) is 13.7 Å². The number of imide groups is 1. The minimum absolute atomic E-state index is 0.0412. The van der Waals surface area contributed by atoms with Crippen LogP contribution in [0.4, 0.5) is 4.79 Å². The molecule has 3 amide bonds. The van der Waals surface area contributed by atoms with Gasteiger partial charge in [-0.05, 0) is 55.4 Å². The first kappa shape index (κ1) is 20.6.